The van der Waals surface area contributed by atoms with Crippen LogP contribution in [0.25, 0.3) is 4.85 Å². The minimum Gasteiger partial charge on any atom is -0.462 e. The fourth-order valence-corrected chi connectivity index (χ4v) is 5.02. The number of aromatic amines is 1. The largest absolute Gasteiger partial charge is 0.462 e. The molecular formula is C23H29N4O9P. The highest BCUT2D eigenvalue weighted by molar-refractivity contribution is 7.52. The number of carbonyl (C=O) groups is 1. The molecule has 1 fully saturated rings. The number of para-hydroxylation sites is 1. The molecule has 1 aromatic carbocycles. The molecule has 0 spiro atoms. The van der Waals surface area contributed by atoms with Crippen molar-refractivity contribution in [1.29, 1.82) is 0 Å². The monoisotopic (exact) mass is 536 g/mol. The van der Waals surface area contributed by atoms with Crippen LogP contribution in [-0.4, -0.2) is 57.6 Å². The fourth-order valence-electron chi connectivity index (χ4n) is 3.52. The number of aromatic nitrogens is 2. The van der Waals surface area contributed by atoms with Crippen molar-refractivity contribution in [2.45, 2.75) is 64.3 Å². The van der Waals surface area contributed by atoms with Gasteiger partial charge in [0.2, 0.25) is 6.23 Å². The SMILES string of the molecule is [C-]#[N+][C@@H]1C(O)[C@H](CO[P@](=O)(N[C@@H](C)C(=O)OC(C)C)Oc2ccccc2)O[C@@H]1n1cc(C)c(=O)[nH]c1=O. The molecular weight excluding hydrogens is 507 g/mol. The van der Waals surface area contributed by atoms with Crippen LogP contribution < -0.4 is 20.9 Å². The summed E-state index contributed by atoms with van der Waals surface area (Å²) >= 11 is 0. The zero-order valence-corrected chi connectivity index (χ0v) is 21.6. The van der Waals surface area contributed by atoms with Crippen LogP contribution in [0.3, 0.4) is 0 Å². The third-order valence-corrected chi connectivity index (χ3v) is 6.98. The number of aliphatic hydroxyl groups is 1. The van der Waals surface area contributed by atoms with Gasteiger partial charge in [-0.2, -0.15) is 5.09 Å². The topological polar surface area (TPSA) is 163 Å². The zero-order valence-electron chi connectivity index (χ0n) is 20.7. The van der Waals surface area contributed by atoms with Crippen molar-refractivity contribution in [2.75, 3.05) is 6.61 Å². The van der Waals surface area contributed by atoms with Crippen molar-refractivity contribution in [3.63, 3.8) is 0 Å². The Balaban J connectivity index is 1.81. The van der Waals surface area contributed by atoms with Crippen LogP contribution in [0.5, 0.6) is 5.75 Å². The number of aryl methyl sites for hydroxylation is 1. The second-order valence-electron chi connectivity index (χ2n) is 8.69. The molecule has 37 heavy (non-hydrogen) atoms. The standard InChI is InChI=1S/C23H29N4O9P/c1-13(2)34-22(30)15(4)26-37(32,36-16-9-7-6-8-10-16)33-12-17-19(28)18(24-5)21(35-17)27-11-14(3)20(29)25-23(27)31/h6-11,13,15,17-19,21,28H,12H2,1-4H3,(H,26,32)(H,25,29,31)/t15-,17-,18+,19?,21-,37+/m0/s1. The molecule has 13 nitrogen and oxygen atoms in total. The normalized spacial score (nSPS) is 23.7. The molecule has 1 unspecified atom stereocenters. The van der Waals surface area contributed by atoms with Crippen LogP contribution in [0.4, 0.5) is 0 Å². The summed E-state index contributed by atoms with van der Waals surface area (Å²) in [6.45, 7) is 13.2. The summed E-state index contributed by atoms with van der Waals surface area (Å²) in [5.74, 6) is -0.503. The van der Waals surface area contributed by atoms with Crippen molar-refractivity contribution in [1.82, 2.24) is 14.6 Å². The Morgan fingerprint density at radius 1 is 1.30 bits per heavy atom. The Hall–Kier alpha value is -3.27. The summed E-state index contributed by atoms with van der Waals surface area (Å²) in [5.41, 5.74) is -1.21. The minimum atomic E-state index is -4.25. The van der Waals surface area contributed by atoms with Gasteiger partial charge in [0.1, 0.15) is 17.9 Å². The molecule has 0 radical (unpaired) electrons. The van der Waals surface area contributed by atoms with Crippen LogP contribution >= 0.6 is 7.75 Å². The number of aliphatic hydroxyl groups excluding tert-OH is 1. The third-order valence-electron chi connectivity index (χ3n) is 5.34. The van der Waals surface area contributed by atoms with Crippen LogP contribution in [0.2, 0.25) is 0 Å². The molecule has 14 heteroatoms. The van der Waals surface area contributed by atoms with Crippen LogP contribution in [0.1, 0.15) is 32.6 Å². The number of nitrogens with zero attached hydrogens (tertiary/aromatic N) is 2. The van der Waals surface area contributed by atoms with Crippen molar-refractivity contribution in [2.24, 2.45) is 0 Å². The highest BCUT2D eigenvalue weighted by Crippen LogP contribution is 2.46. The van der Waals surface area contributed by atoms with Gasteiger partial charge in [0.15, 0.2) is 6.10 Å². The first kappa shape index (κ1) is 28.3. The second kappa shape index (κ2) is 11.9. The number of rotatable bonds is 10. The maximum atomic E-state index is 13.6. The van der Waals surface area contributed by atoms with E-state index >= 15 is 0 Å². The maximum Gasteiger partial charge on any atom is 0.459 e. The lowest BCUT2D eigenvalue weighted by molar-refractivity contribution is -0.149. The molecule has 1 aromatic heterocycles. The first-order valence-corrected chi connectivity index (χ1v) is 13.0. The Bertz CT molecular complexity index is 1300. The smallest absolute Gasteiger partial charge is 0.459 e. The Morgan fingerprint density at radius 2 is 1.97 bits per heavy atom. The molecule has 0 amide bonds. The van der Waals surface area contributed by atoms with Crippen molar-refractivity contribution in [3.8, 4) is 5.75 Å². The van der Waals surface area contributed by atoms with Gasteiger partial charge in [-0.05, 0) is 39.8 Å². The van der Waals surface area contributed by atoms with E-state index in [0.717, 1.165) is 4.57 Å². The van der Waals surface area contributed by atoms with Gasteiger partial charge in [-0.1, -0.05) is 18.2 Å². The number of ether oxygens (including phenoxy) is 2. The number of benzene rings is 1. The quantitative estimate of drug-likeness (QED) is 0.231. The molecule has 200 valence electrons. The van der Waals surface area contributed by atoms with Gasteiger partial charge in [0.25, 0.3) is 11.6 Å². The summed E-state index contributed by atoms with van der Waals surface area (Å²) in [5, 5.41) is 13.2. The number of carbonyl (C=O) groups excluding carboxylic acids is 1. The summed E-state index contributed by atoms with van der Waals surface area (Å²) in [7, 11) is -4.25. The lowest BCUT2D eigenvalue weighted by Gasteiger charge is -2.24. The Labute approximate surface area is 212 Å². The van der Waals surface area contributed by atoms with Gasteiger partial charge < -0.3 is 23.9 Å². The average Bonchev–Trinajstić information content (AvgIpc) is 3.15. The molecule has 1 aliphatic rings. The summed E-state index contributed by atoms with van der Waals surface area (Å²) < 4.78 is 36.6. The number of H-pyrrole nitrogens is 1. The number of hydrogen-bond donors (Lipinski definition) is 3. The van der Waals surface area contributed by atoms with E-state index in [1.54, 1.807) is 32.0 Å². The van der Waals surface area contributed by atoms with E-state index in [1.165, 1.54) is 32.2 Å². The van der Waals surface area contributed by atoms with Crippen molar-refractivity contribution >= 4 is 13.7 Å². The average molecular weight is 536 g/mol. The summed E-state index contributed by atoms with van der Waals surface area (Å²) in [4.78, 5) is 41.8. The zero-order chi connectivity index (χ0) is 27.3. The first-order chi connectivity index (χ1) is 17.4. The minimum absolute atomic E-state index is 0.183. The Kier molecular flexibility index (Phi) is 9.07. The second-order valence-corrected chi connectivity index (χ2v) is 10.4. The van der Waals surface area contributed by atoms with E-state index in [9.17, 15) is 24.1 Å². The molecule has 2 aromatic rings. The van der Waals surface area contributed by atoms with Gasteiger partial charge in [0.05, 0.1) is 12.7 Å². The number of hydrogen-bond acceptors (Lipinski definition) is 9. The predicted molar refractivity (Wildman–Crippen MR) is 131 cm³/mol. The molecule has 3 N–H and O–H groups in total. The number of esters is 1. The highest BCUT2D eigenvalue weighted by atomic mass is 31.2. The molecule has 1 saturated heterocycles. The Morgan fingerprint density at radius 3 is 2.59 bits per heavy atom. The van der Waals surface area contributed by atoms with E-state index in [2.05, 4.69) is 14.9 Å². The molecule has 3 rings (SSSR count). The van der Waals surface area contributed by atoms with Crippen LogP contribution in [-0.2, 0) is 23.4 Å². The maximum absolute atomic E-state index is 13.6. The molecule has 6 atom stereocenters. The van der Waals surface area contributed by atoms with E-state index < -0.39 is 68.2 Å². The van der Waals surface area contributed by atoms with Gasteiger partial charge in [0, 0.05) is 11.8 Å². The molecule has 0 saturated carbocycles. The predicted octanol–water partition coefficient (Wildman–Crippen LogP) is 1.52. The van der Waals surface area contributed by atoms with E-state index in [1.807, 2.05) is 0 Å². The summed E-state index contributed by atoms with van der Waals surface area (Å²) in [6, 6.07) is 5.78. The van der Waals surface area contributed by atoms with Gasteiger partial charge >= 0.3 is 19.4 Å². The molecule has 0 aliphatic carbocycles. The van der Waals surface area contributed by atoms with Gasteiger partial charge in [-0.3, -0.25) is 23.7 Å². The van der Waals surface area contributed by atoms with Crippen LogP contribution in [0.15, 0.2) is 46.1 Å². The van der Waals surface area contributed by atoms with E-state index in [4.69, 9.17) is 25.1 Å². The molecule has 2 heterocycles. The highest BCUT2D eigenvalue weighted by Gasteiger charge is 2.51. The van der Waals surface area contributed by atoms with Gasteiger partial charge in [-0.15, -0.1) is 0 Å². The fraction of sp³-hybridized carbons (Fsp3) is 0.478. The third kappa shape index (κ3) is 6.94. The first-order valence-electron chi connectivity index (χ1n) is 11.4. The van der Waals surface area contributed by atoms with Crippen LogP contribution in [0, 0.1) is 13.5 Å². The number of nitrogens with one attached hydrogen (secondary N) is 2. The molecule has 0 bridgehead atoms. The van der Waals surface area contributed by atoms with E-state index in [-0.39, 0.29) is 11.3 Å². The molecule has 1 aliphatic heterocycles. The van der Waals surface area contributed by atoms with Crippen molar-refractivity contribution in [3.05, 3.63) is 74.3 Å². The van der Waals surface area contributed by atoms with Crippen molar-refractivity contribution < 1.29 is 33.0 Å². The van der Waals surface area contributed by atoms with Gasteiger partial charge in [-0.25, -0.2) is 15.9 Å². The summed E-state index contributed by atoms with van der Waals surface area (Å²) in [6.07, 6.45) is -3.05. The lowest BCUT2D eigenvalue weighted by Crippen LogP contribution is -2.38. The van der Waals surface area contributed by atoms with E-state index in [0.29, 0.717) is 0 Å². The lowest BCUT2D eigenvalue weighted by atomic mass is 10.1.